The summed E-state index contributed by atoms with van der Waals surface area (Å²) in [5, 5.41) is 8.06. The van der Waals surface area contributed by atoms with Gasteiger partial charge in [0, 0.05) is 23.7 Å². The summed E-state index contributed by atoms with van der Waals surface area (Å²) in [5.74, 6) is 0.821. The maximum Gasteiger partial charge on any atom is 0.121 e. The number of hydrogen-bond donors (Lipinski definition) is 2. The van der Waals surface area contributed by atoms with E-state index >= 15 is 0 Å². The van der Waals surface area contributed by atoms with Crippen LogP contribution in [-0.2, 0) is 0 Å². The fourth-order valence-corrected chi connectivity index (χ4v) is 2.88. The van der Waals surface area contributed by atoms with E-state index in [0.29, 0.717) is 0 Å². The zero-order valence-corrected chi connectivity index (χ0v) is 14.3. The van der Waals surface area contributed by atoms with Crippen LogP contribution in [0.25, 0.3) is 10.9 Å². The molecule has 0 aliphatic rings. The highest BCUT2D eigenvalue weighted by Crippen LogP contribution is 2.31. The van der Waals surface area contributed by atoms with Gasteiger partial charge in [0.25, 0.3) is 0 Å². The first-order valence-electron chi connectivity index (χ1n) is 8.14. The van der Waals surface area contributed by atoms with E-state index in [1.54, 1.807) is 7.11 Å². The van der Waals surface area contributed by atoms with Gasteiger partial charge in [-0.25, -0.2) is 0 Å². The molecule has 4 nitrogen and oxygen atoms in total. The summed E-state index contributed by atoms with van der Waals surface area (Å²) < 4.78 is 5.45. The van der Waals surface area contributed by atoms with E-state index in [0.717, 1.165) is 22.3 Å². The Morgan fingerprint density at radius 1 is 1.04 bits per heavy atom. The van der Waals surface area contributed by atoms with Gasteiger partial charge < -0.3 is 15.4 Å². The molecule has 0 spiro atoms. The molecule has 0 radical (unpaired) electrons. The zero-order chi connectivity index (χ0) is 16.9. The summed E-state index contributed by atoms with van der Waals surface area (Å²) in [4.78, 5) is 4.55. The molecule has 2 N–H and O–H groups in total. The van der Waals surface area contributed by atoms with E-state index in [4.69, 9.17) is 4.74 Å². The molecule has 0 saturated heterocycles. The highest BCUT2D eigenvalue weighted by Gasteiger charge is 2.19. The number of ether oxygens (including phenoxy) is 1. The standard InChI is InChI=1S/C20H23N3O/c1-14(21-2)19(15-8-5-4-6-9-15)23-18-13-17(24-3)12-16-10-7-11-22-20(16)18/h4-14,19,21,23H,1-3H3/t14-,19-/m0/s1. The second-order valence-corrected chi connectivity index (χ2v) is 5.86. The Morgan fingerprint density at radius 3 is 2.54 bits per heavy atom. The minimum Gasteiger partial charge on any atom is -0.497 e. The molecule has 1 heterocycles. The molecule has 2 atom stereocenters. The van der Waals surface area contributed by atoms with Gasteiger partial charge in [0.1, 0.15) is 5.75 Å². The molecule has 0 aliphatic carbocycles. The van der Waals surface area contributed by atoms with Crippen LogP contribution in [-0.4, -0.2) is 25.2 Å². The van der Waals surface area contributed by atoms with Gasteiger partial charge in [0.05, 0.1) is 24.4 Å². The first kappa shape index (κ1) is 16.3. The van der Waals surface area contributed by atoms with Crippen LogP contribution >= 0.6 is 0 Å². The van der Waals surface area contributed by atoms with Gasteiger partial charge in [-0.15, -0.1) is 0 Å². The topological polar surface area (TPSA) is 46.2 Å². The number of nitrogens with one attached hydrogen (secondary N) is 2. The summed E-state index contributed by atoms with van der Waals surface area (Å²) in [7, 11) is 3.66. The van der Waals surface area contributed by atoms with Crippen LogP contribution in [0.1, 0.15) is 18.5 Å². The van der Waals surface area contributed by atoms with Gasteiger partial charge in [0.2, 0.25) is 0 Å². The number of pyridine rings is 1. The predicted octanol–water partition coefficient (Wildman–Crippen LogP) is 4.00. The Balaban J connectivity index is 2.05. The normalized spacial score (nSPS) is 13.5. The molecule has 0 unspecified atom stereocenters. The van der Waals surface area contributed by atoms with Crippen molar-refractivity contribution in [3.05, 3.63) is 66.4 Å². The van der Waals surface area contributed by atoms with Crippen molar-refractivity contribution in [3.8, 4) is 5.75 Å². The lowest BCUT2D eigenvalue weighted by atomic mass is 9.99. The summed E-state index contributed by atoms with van der Waals surface area (Å²) in [5.41, 5.74) is 3.15. The number of fused-ring (bicyclic) bond motifs is 1. The van der Waals surface area contributed by atoms with Crippen molar-refractivity contribution in [2.45, 2.75) is 19.0 Å². The number of methoxy groups -OCH3 is 1. The second kappa shape index (κ2) is 7.32. The van der Waals surface area contributed by atoms with E-state index in [1.807, 2.05) is 37.5 Å². The average molecular weight is 321 g/mol. The van der Waals surface area contributed by atoms with Crippen molar-refractivity contribution in [2.75, 3.05) is 19.5 Å². The SMILES string of the molecule is CN[C@@H](C)[C@H](Nc1cc(OC)cc2cccnc12)c1ccccc1. The number of rotatable bonds is 6. The largest absolute Gasteiger partial charge is 0.497 e. The summed E-state index contributed by atoms with van der Waals surface area (Å²) >= 11 is 0. The minimum absolute atomic E-state index is 0.119. The lowest BCUT2D eigenvalue weighted by molar-refractivity contribution is 0.415. The molecule has 4 heteroatoms. The van der Waals surface area contributed by atoms with Crippen LogP contribution in [0.2, 0.25) is 0 Å². The quantitative estimate of drug-likeness (QED) is 0.720. The zero-order valence-electron chi connectivity index (χ0n) is 14.3. The third kappa shape index (κ3) is 3.34. The predicted molar refractivity (Wildman–Crippen MR) is 99.6 cm³/mol. The number of benzene rings is 2. The molecule has 0 saturated carbocycles. The lowest BCUT2D eigenvalue weighted by Gasteiger charge is -2.27. The monoisotopic (exact) mass is 321 g/mol. The van der Waals surface area contributed by atoms with E-state index in [2.05, 4.69) is 52.9 Å². The summed E-state index contributed by atoms with van der Waals surface area (Å²) in [6.07, 6.45) is 1.82. The van der Waals surface area contributed by atoms with E-state index in [1.165, 1.54) is 5.56 Å². The first-order chi connectivity index (χ1) is 11.7. The summed E-state index contributed by atoms with van der Waals surface area (Å²) in [6, 6.07) is 18.8. The van der Waals surface area contributed by atoms with Crippen LogP contribution in [0.5, 0.6) is 5.75 Å². The van der Waals surface area contributed by atoms with Gasteiger partial charge in [-0.1, -0.05) is 36.4 Å². The van der Waals surface area contributed by atoms with Crippen LogP contribution < -0.4 is 15.4 Å². The molecule has 24 heavy (non-hydrogen) atoms. The van der Waals surface area contributed by atoms with E-state index in [-0.39, 0.29) is 12.1 Å². The summed E-state index contributed by atoms with van der Waals surface area (Å²) in [6.45, 7) is 2.17. The van der Waals surface area contributed by atoms with Crippen molar-refractivity contribution in [1.29, 1.82) is 0 Å². The van der Waals surface area contributed by atoms with Gasteiger partial charge in [-0.2, -0.15) is 0 Å². The molecular weight excluding hydrogens is 298 g/mol. The molecule has 0 amide bonds. The highest BCUT2D eigenvalue weighted by atomic mass is 16.5. The Morgan fingerprint density at radius 2 is 1.83 bits per heavy atom. The van der Waals surface area contributed by atoms with Crippen molar-refractivity contribution in [1.82, 2.24) is 10.3 Å². The highest BCUT2D eigenvalue weighted by molar-refractivity contribution is 5.92. The number of nitrogens with zero attached hydrogens (tertiary/aromatic N) is 1. The van der Waals surface area contributed by atoms with E-state index in [9.17, 15) is 0 Å². The fourth-order valence-electron chi connectivity index (χ4n) is 2.88. The average Bonchev–Trinajstić information content (AvgIpc) is 2.65. The fraction of sp³-hybridized carbons (Fsp3) is 0.250. The van der Waals surface area contributed by atoms with E-state index < -0.39 is 0 Å². The molecule has 124 valence electrons. The minimum atomic E-state index is 0.119. The molecule has 3 aromatic rings. The Kier molecular flexibility index (Phi) is 4.96. The number of likely N-dealkylation sites (N-methyl/N-ethyl adjacent to an activating group) is 1. The molecular formula is C20H23N3O. The van der Waals surface area contributed by atoms with Gasteiger partial charge in [-0.3, -0.25) is 4.98 Å². The second-order valence-electron chi connectivity index (χ2n) is 5.86. The molecule has 0 bridgehead atoms. The van der Waals surface area contributed by atoms with Crippen LogP contribution in [0.4, 0.5) is 5.69 Å². The van der Waals surface area contributed by atoms with Gasteiger partial charge >= 0.3 is 0 Å². The molecule has 1 aromatic heterocycles. The number of aromatic nitrogens is 1. The molecule has 2 aromatic carbocycles. The van der Waals surface area contributed by atoms with Crippen molar-refractivity contribution in [3.63, 3.8) is 0 Å². The van der Waals surface area contributed by atoms with Crippen LogP contribution in [0.15, 0.2) is 60.8 Å². The van der Waals surface area contributed by atoms with Crippen molar-refractivity contribution in [2.24, 2.45) is 0 Å². The Labute approximate surface area is 142 Å². The third-order valence-corrected chi connectivity index (χ3v) is 4.34. The molecule has 0 aliphatic heterocycles. The van der Waals surface area contributed by atoms with Crippen LogP contribution in [0, 0.1) is 0 Å². The first-order valence-corrected chi connectivity index (χ1v) is 8.14. The maximum atomic E-state index is 5.45. The number of hydrogen-bond acceptors (Lipinski definition) is 4. The smallest absolute Gasteiger partial charge is 0.121 e. The number of anilines is 1. The maximum absolute atomic E-state index is 5.45. The van der Waals surface area contributed by atoms with Crippen molar-refractivity contribution >= 4 is 16.6 Å². The Bertz CT molecular complexity index is 804. The third-order valence-electron chi connectivity index (χ3n) is 4.34. The van der Waals surface area contributed by atoms with Crippen LogP contribution in [0.3, 0.4) is 0 Å². The molecule has 3 rings (SSSR count). The lowest BCUT2D eigenvalue weighted by Crippen LogP contribution is -2.33. The molecule has 0 fully saturated rings. The van der Waals surface area contributed by atoms with Gasteiger partial charge in [-0.05, 0) is 31.7 Å². The Hall–Kier alpha value is -2.59. The van der Waals surface area contributed by atoms with Crippen molar-refractivity contribution < 1.29 is 4.74 Å². The van der Waals surface area contributed by atoms with Gasteiger partial charge in [0.15, 0.2) is 0 Å².